The molecule has 1 aliphatic heterocycles. The van der Waals surface area contributed by atoms with Gasteiger partial charge >= 0.3 is 5.97 Å². The number of carbonyl (C=O) groups is 1. The lowest BCUT2D eigenvalue weighted by molar-refractivity contribution is -0.142. The average molecular weight is 265 g/mol. The zero-order valence-electron chi connectivity index (χ0n) is 11.2. The van der Waals surface area contributed by atoms with Gasteiger partial charge in [-0.25, -0.2) is 0 Å². The molecule has 0 radical (unpaired) electrons. The van der Waals surface area contributed by atoms with E-state index in [0.717, 1.165) is 12.1 Å². The van der Waals surface area contributed by atoms with E-state index in [1.807, 2.05) is 19.1 Å². The van der Waals surface area contributed by atoms with E-state index in [-0.39, 0.29) is 17.6 Å². The number of carboxylic acids is 1. The van der Waals surface area contributed by atoms with Crippen molar-refractivity contribution in [1.29, 1.82) is 0 Å². The van der Waals surface area contributed by atoms with Crippen molar-refractivity contribution < 1.29 is 19.7 Å². The Morgan fingerprint density at radius 3 is 2.79 bits per heavy atom. The van der Waals surface area contributed by atoms with Gasteiger partial charge in [-0.3, -0.25) is 9.69 Å². The molecule has 1 saturated heterocycles. The van der Waals surface area contributed by atoms with E-state index >= 15 is 0 Å². The molecular weight excluding hydrogens is 246 g/mol. The van der Waals surface area contributed by atoms with Crippen LogP contribution in [0.2, 0.25) is 0 Å². The van der Waals surface area contributed by atoms with Crippen LogP contribution in [-0.4, -0.2) is 41.3 Å². The Balaban J connectivity index is 2.09. The van der Waals surface area contributed by atoms with E-state index in [0.29, 0.717) is 18.8 Å². The van der Waals surface area contributed by atoms with Crippen molar-refractivity contribution in [2.45, 2.75) is 13.5 Å². The summed E-state index contributed by atoms with van der Waals surface area (Å²) < 4.78 is 5.07. The number of aromatic hydroxyl groups is 1. The van der Waals surface area contributed by atoms with Gasteiger partial charge in [0.2, 0.25) is 0 Å². The van der Waals surface area contributed by atoms with Crippen LogP contribution in [0, 0.1) is 11.8 Å². The number of hydrogen-bond acceptors (Lipinski definition) is 4. The summed E-state index contributed by atoms with van der Waals surface area (Å²) in [6.45, 7) is 3.74. The predicted molar refractivity (Wildman–Crippen MR) is 70.2 cm³/mol. The molecule has 1 heterocycles. The molecule has 1 fully saturated rings. The topological polar surface area (TPSA) is 70.0 Å². The summed E-state index contributed by atoms with van der Waals surface area (Å²) in [5, 5.41) is 19.1. The fourth-order valence-corrected chi connectivity index (χ4v) is 2.62. The van der Waals surface area contributed by atoms with Crippen molar-refractivity contribution in [2.75, 3.05) is 20.2 Å². The second-order valence-corrected chi connectivity index (χ2v) is 5.08. The standard InChI is InChI=1S/C14H19NO4/c1-9-6-15(8-11(9)14(17)18)7-10-4-3-5-12(19-2)13(10)16/h3-5,9,11,16H,6-8H2,1-2H3,(H,17,18). The minimum absolute atomic E-state index is 0.130. The van der Waals surface area contributed by atoms with Gasteiger partial charge in [0, 0.05) is 25.2 Å². The van der Waals surface area contributed by atoms with Crippen LogP contribution in [0.1, 0.15) is 12.5 Å². The van der Waals surface area contributed by atoms with E-state index in [1.54, 1.807) is 6.07 Å². The van der Waals surface area contributed by atoms with Crippen LogP contribution in [-0.2, 0) is 11.3 Å². The Bertz CT molecular complexity index is 475. The van der Waals surface area contributed by atoms with E-state index < -0.39 is 5.97 Å². The zero-order valence-corrected chi connectivity index (χ0v) is 11.2. The number of phenolic OH excluding ortho intramolecular Hbond substituents is 1. The summed E-state index contributed by atoms with van der Waals surface area (Å²) in [5.74, 6) is -0.362. The smallest absolute Gasteiger partial charge is 0.308 e. The number of nitrogens with zero attached hydrogens (tertiary/aromatic N) is 1. The van der Waals surface area contributed by atoms with Crippen molar-refractivity contribution in [2.24, 2.45) is 11.8 Å². The SMILES string of the molecule is COc1cccc(CN2CC(C)C(C(=O)O)C2)c1O. The molecule has 0 bridgehead atoms. The first-order chi connectivity index (χ1) is 9.02. The molecule has 5 nitrogen and oxygen atoms in total. The molecule has 5 heteroatoms. The normalized spacial score (nSPS) is 23.5. The van der Waals surface area contributed by atoms with Gasteiger partial charge in [0.25, 0.3) is 0 Å². The van der Waals surface area contributed by atoms with Crippen molar-refractivity contribution in [1.82, 2.24) is 4.90 Å². The number of carboxylic acid groups (broad SMARTS) is 1. The maximum Gasteiger partial charge on any atom is 0.308 e. The minimum Gasteiger partial charge on any atom is -0.504 e. The summed E-state index contributed by atoms with van der Waals surface area (Å²) in [6.07, 6.45) is 0. The fourth-order valence-electron chi connectivity index (χ4n) is 2.62. The number of hydrogen-bond donors (Lipinski definition) is 2. The van der Waals surface area contributed by atoms with E-state index in [1.165, 1.54) is 7.11 Å². The first-order valence-electron chi connectivity index (χ1n) is 6.33. The number of ether oxygens (including phenoxy) is 1. The minimum atomic E-state index is -0.745. The molecule has 1 aliphatic rings. The van der Waals surface area contributed by atoms with Crippen LogP contribution < -0.4 is 4.74 Å². The Hall–Kier alpha value is -1.75. The fraction of sp³-hybridized carbons (Fsp3) is 0.500. The molecule has 0 saturated carbocycles. The molecule has 19 heavy (non-hydrogen) atoms. The van der Waals surface area contributed by atoms with Crippen LogP contribution in [0.15, 0.2) is 18.2 Å². The summed E-state index contributed by atoms with van der Waals surface area (Å²) in [7, 11) is 1.51. The lowest BCUT2D eigenvalue weighted by atomic mass is 9.99. The second kappa shape index (κ2) is 5.48. The van der Waals surface area contributed by atoms with Crippen molar-refractivity contribution in [3.05, 3.63) is 23.8 Å². The molecule has 2 unspecified atom stereocenters. The third-order valence-electron chi connectivity index (χ3n) is 3.70. The Labute approximate surface area is 112 Å². The number of likely N-dealkylation sites (tertiary alicyclic amines) is 1. The lowest BCUT2D eigenvalue weighted by Gasteiger charge is -2.17. The summed E-state index contributed by atoms with van der Waals surface area (Å²) in [6, 6.07) is 5.35. The third-order valence-corrected chi connectivity index (χ3v) is 3.70. The van der Waals surface area contributed by atoms with Gasteiger partial charge in [0.05, 0.1) is 13.0 Å². The predicted octanol–water partition coefficient (Wildman–Crippen LogP) is 1.55. The van der Waals surface area contributed by atoms with Crippen molar-refractivity contribution in [3.8, 4) is 11.5 Å². The molecule has 2 rings (SSSR count). The van der Waals surface area contributed by atoms with Gasteiger partial charge in [0.15, 0.2) is 11.5 Å². The van der Waals surface area contributed by atoms with E-state index in [4.69, 9.17) is 9.84 Å². The molecule has 104 valence electrons. The highest BCUT2D eigenvalue weighted by Crippen LogP contribution is 2.32. The molecule has 0 aromatic heterocycles. The van der Waals surface area contributed by atoms with Crippen molar-refractivity contribution >= 4 is 5.97 Å². The van der Waals surface area contributed by atoms with Gasteiger partial charge in [0.1, 0.15) is 0 Å². The van der Waals surface area contributed by atoms with Crippen molar-refractivity contribution in [3.63, 3.8) is 0 Å². The second-order valence-electron chi connectivity index (χ2n) is 5.08. The van der Waals surface area contributed by atoms with Gasteiger partial charge in [-0.2, -0.15) is 0 Å². The number of aliphatic carboxylic acids is 1. The molecule has 2 N–H and O–H groups in total. The highest BCUT2D eigenvalue weighted by Gasteiger charge is 2.34. The van der Waals surface area contributed by atoms with Gasteiger partial charge in [-0.15, -0.1) is 0 Å². The van der Waals surface area contributed by atoms with E-state index in [9.17, 15) is 9.90 Å². The number of para-hydroxylation sites is 1. The van der Waals surface area contributed by atoms with Crippen LogP contribution in [0.25, 0.3) is 0 Å². The number of phenols is 1. The molecule has 2 atom stereocenters. The van der Waals surface area contributed by atoms with Gasteiger partial charge < -0.3 is 14.9 Å². The molecule has 1 aromatic carbocycles. The average Bonchev–Trinajstić information content (AvgIpc) is 2.73. The molecule has 0 amide bonds. The zero-order chi connectivity index (χ0) is 14.0. The van der Waals surface area contributed by atoms with E-state index in [2.05, 4.69) is 4.90 Å². The molecule has 1 aromatic rings. The highest BCUT2D eigenvalue weighted by molar-refractivity contribution is 5.71. The van der Waals surface area contributed by atoms with Gasteiger partial charge in [-0.1, -0.05) is 19.1 Å². The first-order valence-corrected chi connectivity index (χ1v) is 6.33. The van der Waals surface area contributed by atoms with Crippen LogP contribution >= 0.6 is 0 Å². The highest BCUT2D eigenvalue weighted by atomic mass is 16.5. The lowest BCUT2D eigenvalue weighted by Crippen LogP contribution is -2.23. The molecule has 0 aliphatic carbocycles. The summed E-state index contributed by atoms with van der Waals surface area (Å²) in [4.78, 5) is 13.1. The Morgan fingerprint density at radius 2 is 2.21 bits per heavy atom. The largest absolute Gasteiger partial charge is 0.504 e. The number of benzene rings is 1. The first kappa shape index (κ1) is 13.7. The maximum atomic E-state index is 11.1. The van der Waals surface area contributed by atoms with Crippen LogP contribution in [0.3, 0.4) is 0 Å². The summed E-state index contributed by atoms with van der Waals surface area (Å²) >= 11 is 0. The number of rotatable bonds is 4. The Kier molecular flexibility index (Phi) is 3.95. The third kappa shape index (κ3) is 2.81. The van der Waals surface area contributed by atoms with Gasteiger partial charge in [-0.05, 0) is 12.0 Å². The quantitative estimate of drug-likeness (QED) is 0.864. The summed E-state index contributed by atoms with van der Waals surface area (Å²) in [5.41, 5.74) is 0.762. The monoisotopic (exact) mass is 265 g/mol. The maximum absolute atomic E-state index is 11.1. The number of methoxy groups -OCH3 is 1. The van der Waals surface area contributed by atoms with Crippen LogP contribution in [0.5, 0.6) is 11.5 Å². The van der Waals surface area contributed by atoms with Crippen LogP contribution in [0.4, 0.5) is 0 Å². The molecular formula is C14H19NO4. The Morgan fingerprint density at radius 1 is 1.47 bits per heavy atom. The molecule has 0 spiro atoms.